The molecular formula is C22H17F2N3S. The molecule has 1 N–H and O–H groups in total. The Labute approximate surface area is 165 Å². The third-order valence-electron chi connectivity index (χ3n) is 4.48. The van der Waals surface area contributed by atoms with Gasteiger partial charge in [-0.05, 0) is 41.5 Å². The molecule has 0 spiro atoms. The Morgan fingerprint density at radius 2 is 1.64 bits per heavy atom. The van der Waals surface area contributed by atoms with Crippen LogP contribution in [0.15, 0.2) is 72.8 Å². The lowest BCUT2D eigenvalue weighted by Gasteiger charge is -2.11. The molecule has 0 aliphatic heterocycles. The molecule has 28 heavy (non-hydrogen) atoms. The molecule has 0 radical (unpaired) electrons. The van der Waals surface area contributed by atoms with Crippen molar-refractivity contribution in [1.29, 1.82) is 0 Å². The second-order valence-electron chi connectivity index (χ2n) is 6.40. The van der Waals surface area contributed by atoms with E-state index in [-0.39, 0.29) is 17.6 Å². The van der Waals surface area contributed by atoms with Crippen LogP contribution in [0.4, 0.5) is 19.6 Å². The van der Waals surface area contributed by atoms with Crippen LogP contribution in [0.3, 0.4) is 0 Å². The van der Waals surface area contributed by atoms with Gasteiger partial charge in [-0.3, -0.25) is 0 Å². The molecule has 140 valence electrons. The van der Waals surface area contributed by atoms with Crippen LogP contribution in [0, 0.1) is 11.6 Å². The average molecular weight is 393 g/mol. The zero-order chi connectivity index (χ0) is 19.5. The lowest BCUT2D eigenvalue weighted by molar-refractivity contribution is 0.627. The van der Waals surface area contributed by atoms with E-state index in [0.717, 1.165) is 21.8 Å². The van der Waals surface area contributed by atoms with Crippen LogP contribution >= 0.6 is 11.3 Å². The lowest BCUT2D eigenvalue weighted by Crippen LogP contribution is -1.97. The third kappa shape index (κ3) is 3.92. The standard InChI is InChI=1S/C22H17F2N3S/c1-14(16-7-12-19(20(24)13-16)15-5-3-2-4-6-15)21-26-27-22(28-21)25-18-10-8-17(23)9-11-18/h2-14H,1H3,(H,25,27). The first-order valence-corrected chi connectivity index (χ1v) is 9.62. The monoisotopic (exact) mass is 393 g/mol. The molecule has 0 aliphatic carbocycles. The Kier molecular flexibility index (Phi) is 5.12. The largest absolute Gasteiger partial charge is 0.330 e. The molecule has 4 rings (SSSR count). The van der Waals surface area contributed by atoms with E-state index in [2.05, 4.69) is 15.5 Å². The molecule has 0 fully saturated rings. The van der Waals surface area contributed by atoms with Gasteiger partial charge in [0, 0.05) is 17.2 Å². The fourth-order valence-electron chi connectivity index (χ4n) is 2.91. The van der Waals surface area contributed by atoms with Gasteiger partial charge in [-0.1, -0.05) is 60.7 Å². The van der Waals surface area contributed by atoms with E-state index in [0.29, 0.717) is 10.7 Å². The van der Waals surface area contributed by atoms with E-state index in [4.69, 9.17) is 0 Å². The van der Waals surface area contributed by atoms with Gasteiger partial charge in [0.05, 0.1) is 0 Å². The van der Waals surface area contributed by atoms with Gasteiger partial charge in [0.25, 0.3) is 0 Å². The Balaban J connectivity index is 1.53. The SMILES string of the molecule is CC(c1ccc(-c2ccccc2)c(F)c1)c1nnc(Nc2ccc(F)cc2)s1. The molecule has 0 saturated heterocycles. The summed E-state index contributed by atoms with van der Waals surface area (Å²) in [6, 6.07) is 20.8. The first-order chi connectivity index (χ1) is 13.6. The third-order valence-corrected chi connectivity index (χ3v) is 5.51. The first kappa shape index (κ1) is 18.3. The normalized spacial score (nSPS) is 12.0. The van der Waals surface area contributed by atoms with Gasteiger partial charge in [0.1, 0.15) is 16.6 Å². The van der Waals surface area contributed by atoms with E-state index in [1.54, 1.807) is 24.3 Å². The lowest BCUT2D eigenvalue weighted by atomic mass is 9.97. The summed E-state index contributed by atoms with van der Waals surface area (Å²) >= 11 is 1.39. The van der Waals surface area contributed by atoms with Crippen molar-refractivity contribution in [2.24, 2.45) is 0 Å². The summed E-state index contributed by atoms with van der Waals surface area (Å²) < 4.78 is 27.7. The van der Waals surface area contributed by atoms with E-state index in [1.165, 1.54) is 23.5 Å². The molecule has 1 heterocycles. The number of aromatic nitrogens is 2. The predicted molar refractivity (Wildman–Crippen MR) is 109 cm³/mol. The van der Waals surface area contributed by atoms with E-state index in [9.17, 15) is 8.78 Å². The molecule has 3 aromatic carbocycles. The van der Waals surface area contributed by atoms with Crippen LogP contribution in [0.5, 0.6) is 0 Å². The Morgan fingerprint density at radius 1 is 0.893 bits per heavy atom. The van der Waals surface area contributed by atoms with Crippen LogP contribution in [0.25, 0.3) is 11.1 Å². The highest BCUT2D eigenvalue weighted by molar-refractivity contribution is 7.15. The summed E-state index contributed by atoms with van der Waals surface area (Å²) in [6.07, 6.45) is 0. The quantitative estimate of drug-likeness (QED) is 0.428. The number of nitrogens with one attached hydrogen (secondary N) is 1. The minimum Gasteiger partial charge on any atom is -0.330 e. The van der Waals surface area contributed by atoms with Crippen LogP contribution in [0.2, 0.25) is 0 Å². The average Bonchev–Trinajstić information content (AvgIpc) is 3.18. The van der Waals surface area contributed by atoms with Gasteiger partial charge < -0.3 is 5.32 Å². The number of benzene rings is 3. The van der Waals surface area contributed by atoms with Crippen LogP contribution < -0.4 is 5.32 Å². The number of halogens is 2. The van der Waals surface area contributed by atoms with Crippen LogP contribution in [-0.4, -0.2) is 10.2 Å². The summed E-state index contributed by atoms with van der Waals surface area (Å²) in [6.45, 7) is 1.97. The van der Waals surface area contributed by atoms with E-state index >= 15 is 0 Å². The Bertz CT molecular complexity index is 1080. The molecular weight excluding hydrogens is 376 g/mol. The van der Waals surface area contributed by atoms with Gasteiger partial charge in [-0.15, -0.1) is 10.2 Å². The van der Waals surface area contributed by atoms with Crippen molar-refractivity contribution in [1.82, 2.24) is 10.2 Å². The zero-order valence-corrected chi connectivity index (χ0v) is 15.9. The van der Waals surface area contributed by atoms with Crippen molar-refractivity contribution >= 4 is 22.2 Å². The van der Waals surface area contributed by atoms with Crippen LogP contribution in [-0.2, 0) is 0 Å². The highest BCUT2D eigenvalue weighted by Gasteiger charge is 2.16. The molecule has 3 nitrogen and oxygen atoms in total. The summed E-state index contributed by atoms with van der Waals surface area (Å²) in [5.41, 5.74) is 2.99. The van der Waals surface area contributed by atoms with Gasteiger partial charge in [0.2, 0.25) is 5.13 Å². The molecule has 1 unspecified atom stereocenters. The Hall–Kier alpha value is -3.12. The number of hydrogen-bond acceptors (Lipinski definition) is 4. The van der Waals surface area contributed by atoms with Gasteiger partial charge in [-0.2, -0.15) is 0 Å². The van der Waals surface area contributed by atoms with Crippen molar-refractivity contribution in [2.75, 3.05) is 5.32 Å². The fourth-order valence-corrected chi connectivity index (χ4v) is 3.76. The van der Waals surface area contributed by atoms with E-state index < -0.39 is 0 Å². The smallest absolute Gasteiger partial charge is 0.210 e. The van der Waals surface area contributed by atoms with E-state index in [1.807, 2.05) is 43.3 Å². The maximum absolute atomic E-state index is 14.7. The summed E-state index contributed by atoms with van der Waals surface area (Å²) in [4.78, 5) is 0. The molecule has 0 amide bonds. The highest BCUT2D eigenvalue weighted by atomic mass is 32.1. The molecule has 0 bridgehead atoms. The van der Waals surface area contributed by atoms with Crippen LogP contribution in [0.1, 0.15) is 23.4 Å². The summed E-state index contributed by atoms with van der Waals surface area (Å²) in [5, 5.41) is 12.8. The minimum absolute atomic E-state index is 0.0967. The molecule has 6 heteroatoms. The number of nitrogens with zero attached hydrogens (tertiary/aromatic N) is 2. The predicted octanol–water partition coefficient (Wildman–Crippen LogP) is 6.38. The molecule has 0 aliphatic rings. The molecule has 1 aromatic heterocycles. The van der Waals surface area contributed by atoms with Crippen molar-refractivity contribution < 1.29 is 8.78 Å². The number of hydrogen-bond donors (Lipinski definition) is 1. The van der Waals surface area contributed by atoms with Crippen molar-refractivity contribution in [2.45, 2.75) is 12.8 Å². The first-order valence-electron chi connectivity index (χ1n) is 8.81. The summed E-state index contributed by atoms with van der Waals surface area (Å²) in [7, 11) is 0. The highest BCUT2D eigenvalue weighted by Crippen LogP contribution is 2.32. The molecule has 0 saturated carbocycles. The fraction of sp³-hybridized carbons (Fsp3) is 0.0909. The van der Waals surface area contributed by atoms with Crippen molar-refractivity contribution in [3.63, 3.8) is 0 Å². The summed E-state index contributed by atoms with van der Waals surface area (Å²) in [5.74, 6) is -0.650. The second-order valence-corrected chi connectivity index (χ2v) is 7.41. The number of rotatable bonds is 5. The van der Waals surface area contributed by atoms with Gasteiger partial charge in [0.15, 0.2) is 0 Å². The topological polar surface area (TPSA) is 37.8 Å². The van der Waals surface area contributed by atoms with Gasteiger partial charge >= 0.3 is 0 Å². The van der Waals surface area contributed by atoms with Gasteiger partial charge in [-0.25, -0.2) is 8.78 Å². The van der Waals surface area contributed by atoms with Crippen molar-refractivity contribution in [3.05, 3.63) is 95.0 Å². The Morgan fingerprint density at radius 3 is 2.36 bits per heavy atom. The zero-order valence-electron chi connectivity index (χ0n) is 15.1. The second kappa shape index (κ2) is 7.86. The minimum atomic E-state index is -0.293. The number of anilines is 2. The molecule has 4 aromatic rings. The molecule has 1 atom stereocenters. The maximum atomic E-state index is 14.7. The van der Waals surface area contributed by atoms with Crippen molar-refractivity contribution in [3.8, 4) is 11.1 Å². The maximum Gasteiger partial charge on any atom is 0.210 e.